The number of benzene rings is 1. The Labute approximate surface area is 152 Å². The fraction of sp³-hybridized carbons (Fsp3) is 0.235. The van der Waals surface area contributed by atoms with Gasteiger partial charge in [0.1, 0.15) is 18.6 Å². The topological polar surface area (TPSA) is 105 Å². The summed E-state index contributed by atoms with van der Waals surface area (Å²) in [5.74, 6) is 0.325. The first-order chi connectivity index (χ1) is 12.9. The largest absolute Gasteiger partial charge is 0.486 e. The zero-order valence-corrected chi connectivity index (χ0v) is 14.2. The van der Waals surface area contributed by atoms with E-state index in [0.717, 1.165) is 0 Å². The van der Waals surface area contributed by atoms with E-state index in [1.54, 1.807) is 16.7 Å². The van der Waals surface area contributed by atoms with E-state index >= 15 is 0 Å². The van der Waals surface area contributed by atoms with Crippen molar-refractivity contribution >= 4 is 5.82 Å². The van der Waals surface area contributed by atoms with Crippen LogP contribution in [0.4, 0.5) is 10.2 Å². The molecule has 0 radical (unpaired) electrons. The van der Waals surface area contributed by atoms with Gasteiger partial charge in [0.25, 0.3) is 0 Å². The second-order valence-corrected chi connectivity index (χ2v) is 6.36. The Morgan fingerprint density at radius 3 is 2.67 bits per heavy atom. The second-order valence-electron chi connectivity index (χ2n) is 6.36. The van der Waals surface area contributed by atoms with E-state index < -0.39 is 10.5 Å². The van der Waals surface area contributed by atoms with Gasteiger partial charge < -0.3 is 19.6 Å². The molecule has 3 aromatic rings. The van der Waals surface area contributed by atoms with Gasteiger partial charge in [-0.2, -0.15) is 0 Å². The van der Waals surface area contributed by atoms with Gasteiger partial charge in [-0.1, -0.05) is 0 Å². The molecule has 0 amide bonds. The van der Waals surface area contributed by atoms with Crippen molar-refractivity contribution < 1.29 is 18.8 Å². The van der Waals surface area contributed by atoms with E-state index in [1.165, 1.54) is 30.7 Å². The Hall–Kier alpha value is -3.56. The molecule has 138 valence electrons. The molecule has 1 aromatic carbocycles. The van der Waals surface area contributed by atoms with Crippen LogP contribution in [-0.4, -0.2) is 36.7 Å². The predicted molar refractivity (Wildman–Crippen MR) is 90.8 cm³/mol. The molecule has 0 aliphatic carbocycles. The van der Waals surface area contributed by atoms with E-state index in [2.05, 4.69) is 15.0 Å². The molecule has 1 atom stereocenters. The summed E-state index contributed by atoms with van der Waals surface area (Å²) in [6, 6.07) is 6.07. The van der Waals surface area contributed by atoms with E-state index in [0.29, 0.717) is 23.7 Å². The molecular weight excluding hydrogens is 357 g/mol. The number of fused-ring (bicyclic) bond motifs is 1. The van der Waals surface area contributed by atoms with Crippen molar-refractivity contribution in [2.45, 2.75) is 19.1 Å². The standard InChI is InChI=1S/C17H14FN5O4/c1-17(9-22-8-14(23(24)25)21-16(22)27-17)10-26-13-6-19-15(20-7-13)11-2-4-12(18)5-3-11/h2-8H,9-10H2,1H3. The van der Waals surface area contributed by atoms with Crippen LogP contribution in [0.3, 0.4) is 0 Å². The molecule has 1 unspecified atom stereocenters. The minimum absolute atomic E-state index is 0.184. The summed E-state index contributed by atoms with van der Waals surface area (Å²) in [5.41, 5.74) is -0.0198. The molecule has 27 heavy (non-hydrogen) atoms. The number of halogens is 1. The molecular formula is C17H14FN5O4. The van der Waals surface area contributed by atoms with Crippen molar-refractivity contribution in [1.29, 1.82) is 0 Å². The molecule has 2 aromatic heterocycles. The van der Waals surface area contributed by atoms with Gasteiger partial charge in [0.2, 0.25) is 0 Å². The highest BCUT2D eigenvalue weighted by Gasteiger charge is 2.41. The second kappa shape index (κ2) is 6.31. The van der Waals surface area contributed by atoms with Crippen LogP contribution in [-0.2, 0) is 6.54 Å². The number of hydrogen-bond acceptors (Lipinski definition) is 7. The fourth-order valence-electron chi connectivity index (χ4n) is 2.73. The van der Waals surface area contributed by atoms with E-state index in [9.17, 15) is 14.5 Å². The van der Waals surface area contributed by atoms with Crippen LogP contribution in [0, 0.1) is 15.9 Å². The molecule has 0 fully saturated rings. The molecule has 1 aliphatic rings. The van der Waals surface area contributed by atoms with E-state index in [1.807, 2.05) is 6.92 Å². The summed E-state index contributed by atoms with van der Waals surface area (Å²) in [5, 5.41) is 10.7. The Morgan fingerprint density at radius 2 is 2.04 bits per heavy atom. The quantitative estimate of drug-likeness (QED) is 0.501. The lowest BCUT2D eigenvalue weighted by atomic mass is 10.1. The fourth-order valence-corrected chi connectivity index (χ4v) is 2.73. The third kappa shape index (κ3) is 3.41. The van der Waals surface area contributed by atoms with Crippen molar-refractivity contribution in [2.75, 3.05) is 6.61 Å². The van der Waals surface area contributed by atoms with E-state index in [-0.39, 0.29) is 24.3 Å². The monoisotopic (exact) mass is 371 g/mol. The summed E-state index contributed by atoms with van der Waals surface area (Å²) in [7, 11) is 0. The molecule has 0 spiro atoms. The first-order valence-electron chi connectivity index (χ1n) is 8.03. The van der Waals surface area contributed by atoms with Crippen LogP contribution in [0.2, 0.25) is 0 Å². The highest BCUT2D eigenvalue weighted by Crippen LogP contribution is 2.31. The maximum absolute atomic E-state index is 13.0. The van der Waals surface area contributed by atoms with Crippen LogP contribution in [0.25, 0.3) is 11.4 Å². The number of rotatable bonds is 5. The summed E-state index contributed by atoms with van der Waals surface area (Å²) < 4.78 is 25.9. The SMILES string of the molecule is CC1(COc2cnc(-c3ccc(F)cc3)nc2)Cn2cc([N+](=O)[O-])nc2O1. The van der Waals surface area contributed by atoms with Crippen LogP contribution in [0.1, 0.15) is 6.92 Å². The third-order valence-electron chi connectivity index (χ3n) is 4.03. The highest BCUT2D eigenvalue weighted by molar-refractivity contribution is 5.54. The normalized spacial score (nSPS) is 18.0. The molecule has 10 heteroatoms. The summed E-state index contributed by atoms with van der Waals surface area (Å²) in [6.07, 6.45) is 4.38. The predicted octanol–water partition coefficient (Wildman–Crippen LogP) is 2.62. The Morgan fingerprint density at radius 1 is 1.33 bits per heavy atom. The molecule has 3 heterocycles. The Kier molecular flexibility index (Phi) is 3.94. The third-order valence-corrected chi connectivity index (χ3v) is 4.03. The number of aromatic nitrogens is 4. The van der Waals surface area contributed by atoms with Crippen LogP contribution < -0.4 is 9.47 Å². The molecule has 0 bridgehead atoms. The molecule has 0 N–H and O–H groups in total. The lowest BCUT2D eigenvalue weighted by molar-refractivity contribution is -0.389. The average Bonchev–Trinajstić information content (AvgIpc) is 3.17. The molecule has 0 saturated carbocycles. The van der Waals surface area contributed by atoms with Crippen LogP contribution in [0.15, 0.2) is 42.9 Å². The number of ether oxygens (including phenoxy) is 2. The Bertz CT molecular complexity index is 964. The average molecular weight is 371 g/mol. The molecule has 0 saturated heterocycles. The summed E-state index contributed by atoms with van der Waals surface area (Å²) in [4.78, 5) is 22.4. The Balaban J connectivity index is 1.39. The molecule has 4 rings (SSSR count). The summed E-state index contributed by atoms with van der Waals surface area (Å²) in [6.45, 7) is 2.38. The van der Waals surface area contributed by atoms with Crippen molar-refractivity contribution in [2.24, 2.45) is 0 Å². The van der Waals surface area contributed by atoms with Crippen molar-refractivity contribution in [3.05, 3.63) is 58.8 Å². The highest BCUT2D eigenvalue weighted by atomic mass is 19.1. The van der Waals surface area contributed by atoms with Crippen molar-refractivity contribution in [1.82, 2.24) is 19.5 Å². The zero-order valence-electron chi connectivity index (χ0n) is 14.2. The minimum atomic E-state index is -0.715. The molecule has 9 nitrogen and oxygen atoms in total. The first-order valence-corrected chi connectivity index (χ1v) is 8.03. The summed E-state index contributed by atoms with van der Waals surface area (Å²) >= 11 is 0. The zero-order chi connectivity index (χ0) is 19.0. The number of imidazole rings is 1. The number of nitrogens with zero attached hydrogens (tertiary/aromatic N) is 5. The van der Waals surface area contributed by atoms with Gasteiger partial charge in [-0.25, -0.2) is 14.4 Å². The molecule has 1 aliphatic heterocycles. The number of nitro groups is 1. The van der Waals surface area contributed by atoms with Crippen LogP contribution >= 0.6 is 0 Å². The van der Waals surface area contributed by atoms with Gasteiger partial charge in [-0.05, 0) is 36.1 Å². The van der Waals surface area contributed by atoms with Crippen molar-refractivity contribution in [3.63, 3.8) is 0 Å². The van der Waals surface area contributed by atoms with Crippen LogP contribution in [0.5, 0.6) is 11.8 Å². The van der Waals surface area contributed by atoms with E-state index in [4.69, 9.17) is 9.47 Å². The lowest BCUT2D eigenvalue weighted by Crippen LogP contribution is -2.38. The van der Waals surface area contributed by atoms with Gasteiger partial charge in [0, 0.05) is 10.5 Å². The van der Waals surface area contributed by atoms with Gasteiger partial charge >= 0.3 is 11.8 Å². The smallest absolute Gasteiger partial charge is 0.415 e. The lowest BCUT2D eigenvalue weighted by Gasteiger charge is -2.21. The first kappa shape index (κ1) is 16.9. The minimum Gasteiger partial charge on any atom is -0.486 e. The van der Waals surface area contributed by atoms with Gasteiger partial charge in [0.05, 0.1) is 18.9 Å². The van der Waals surface area contributed by atoms with Gasteiger partial charge in [-0.3, -0.25) is 4.57 Å². The van der Waals surface area contributed by atoms with Gasteiger partial charge in [0.15, 0.2) is 17.2 Å². The van der Waals surface area contributed by atoms with Crippen molar-refractivity contribution in [3.8, 4) is 23.1 Å². The maximum Gasteiger partial charge on any atom is 0.415 e. The van der Waals surface area contributed by atoms with Gasteiger partial charge in [-0.15, -0.1) is 0 Å². The maximum atomic E-state index is 13.0. The number of hydrogen-bond donors (Lipinski definition) is 0.